The van der Waals surface area contributed by atoms with Crippen LogP contribution in [0.5, 0.6) is 0 Å². The summed E-state index contributed by atoms with van der Waals surface area (Å²) in [4.78, 5) is 11.9. The maximum atomic E-state index is 11.9. The molecular weight excluding hydrogens is 306 g/mol. The molecule has 6 nitrogen and oxygen atoms in total. The number of aliphatic hydroxyl groups is 1. The monoisotopic (exact) mass is 329 g/mol. The summed E-state index contributed by atoms with van der Waals surface area (Å²) in [5.41, 5.74) is 1.02. The van der Waals surface area contributed by atoms with Crippen molar-refractivity contribution in [1.82, 2.24) is 15.5 Å². The summed E-state index contributed by atoms with van der Waals surface area (Å²) in [6.45, 7) is 5.66. The van der Waals surface area contributed by atoms with Crippen molar-refractivity contribution in [3.8, 4) is 0 Å². The van der Waals surface area contributed by atoms with Gasteiger partial charge in [0.2, 0.25) is 17.7 Å². The predicted octanol–water partition coefficient (Wildman–Crippen LogP) is 2.31. The molecule has 0 aliphatic heterocycles. The fourth-order valence-corrected chi connectivity index (χ4v) is 2.10. The summed E-state index contributed by atoms with van der Waals surface area (Å²) in [6, 6.07) is 9.28. The lowest BCUT2D eigenvalue weighted by molar-refractivity contribution is -0.117. The zero-order valence-corrected chi connectivity index (χ0v) is 14.1. The molecule has 0 saturated heterocycles. The van der Waals surface area contributed by atoms with Crippen molar-refractivity contribution in [2.75, 3.05) is 0 Å². The van der Waals surface area contributed by atoms with Crippen LogP contribution < -0.4 is 5.32 Å². The molecule has 0 fully saturated rings. The van der Waals surface area contributed by atoms with Gasteiger partial charge in [0.15, 0.2) is 0 Å². The average molecular weight is 329 g/mol. The van der Waals surface area contributed by atoms with Crippen molar-refractivity contribution in [1.29, 1.82) is 0 Å². The first-order chi connectivity index (χ1) is 11.5. The minimum absolute atomic E-state index is 0.140. The molecule has 128 valence electrons. The largest absolute Gasteiger partial charge is 0.421 e. The van der Waals surface area contributed by atoms with Gasteiger partial charge in [-0.3, -0.25) is 4.79 Å². The summed E-state index contributed by atoms with van der Waals surface area (Å²) in [7, 11) is 0. The van der Waals surface area contributed by atoms with E-state index in [9.17, 15) is 9.90 Å². The second-order valence-corrected chi connectivity index (χ2v) is 6.02. The number of hydrogen-bond acceptors (Lipinski definition) is 5. The molecule has 1 amide bonds. The molecule has 0 bridgehead atoms. The molecule has 2 aromatic rings. The fraction of sp³-hybridized carbons (Fsp3) is 0.389. The second kappa shape index (κ2) is 8.40. The minimum atomic E-state index is -0.666. The topological polar surface area (TPSA) is 88.2 Å². The second-order valence-electron chi connectivity index (χ2n) is 6.02. The molecule has 1 aromatic heterocycles. The zero-order valence-electron chi connectivity index (χ0n) is 14.1. The first kappa shape index (κ1) is 17.9. The number of nitrogens with one attached hydrogen (secondary N) is 1. The van der Waals surface area contributed by atoms with Crippen molar-refractivity contribution < 1.29 is 14.3 Å². The predicted molar refractivity (Wildman–Crippen MR) is 91.2 cm³/mol. The summed E-state index contributed by atoms with van der Waals surface area (Å²) < 4.78 is 5.39. The summed E-state index contributed by atoms with van der Waals surface area (Å²) >= 11 is 0. The van der Waals surface area contributed by atoms with Crippen LogP contribution in [-0.2, 0) is 11.2 Å². The van der Waals surface area contributed by atoms with E-state index in [-0.39, 0.29) is 23.8 Å². The van der Waals surface area contributed by atoms with Gasteiger partial charge in [0.25, 0.3) is 0 Å². The number of carbonyl (C=O) groups excluding carboxylic acids is 1. The fourth-order valence-electron chi connectivity index (χ4n) is 2.10. The SMILES string of the molecule is CC(C)c1nnc(/C=C/C(=O)NC(C)C(O)Cc2ccccc2)o1. The van der Waals surface area contributed by atoms with Crippen LogP contribution in [0.4, 0.5) is 0 Å². The number of amides is 1. The third-order valence-electron chi connectivity index (χ3n) is 3.56. The Hall–Kier alpha value is -2.47. The lowest BCUT2D eigenvalue weighted by Gasteiger charge is -2.19. The Morgan fingerprint density at radius 1 is 1.25 bits per heavy atom. The van der Waals surface area contributed by atoms with E-state index in [1.165, 1.54) is 12.2 Å². The van der Waals surface area contributed by atoms with E-state index in [0.29, 0.717) is 12.3 Å². The van der Waals surface area contributed by atoms with Crippen molar-refractivity contribution >= 4 is 12.0 Å². The summed E-state index contributed by atoms with van der Waals surface area (Å²) in [6.07, 6.45) is 2.60. The molecule has 6 heteroatoms. The minimum Gasteiger partial charge on any atom is -0.421 e. The van der Waals surface area contributed by atoms with Gasteiger partial charge in [-0.15, -0.1) is 10.2 Å². The van der Waals surface area contributed by atoms with Crippen molar-refractivity contribution in [3.63, 3.8) is 0 Å². The van der Waals surface area contributed by atoms with E-state index in [2.05, 4.69) is 15.5 Å². The van der Waals surface area contributed by atoms with Crippen LogP contribution in [0, 0.1) is 0 Å². The molecule has 0 spiro atoms. The van der Waals surface area contributed by atoms with Crippen LogP contribution in [0.25, 0.3) is 6.08 Å². The van der Waals surface area contributed by atoms with Crippen LogP contribution in [0.3, 0.4) is 0 Å². The smallest absolute Gasteiger partial charge is 0.244 e. The van der Waals surface area contributed by atoms with Crippen LogP contribution in [-0.4, -0.2) is 33.4 Å². The van der Waals surface area contributed by atoms with Gasteiger partial charge in [0, 0.05) is 24.5 Å². The van der Waals surface area contributed by atoms with E-state index in [0.717, 1.165) is 5.56 Å². The quantitative estimate of drug-likeness (QED) is 0.761. The molecule has 0 saturated carbocycles. The number of benzene rings is 1. The van der Waals surface area contributed by atoms with Crippen LogP contribution in [0.2, 0.25) is 0 Å². The molecule has 0 aliphatic rings. The first-order valence-electron chi connectivity index (χ1n) is 7.99. The molecule has 0 radical (unpaired) electrons. The average Bonchev–Trinajstić information content (AvgIpc) is 3.03. The normalized spacial score (nSPS) is 14.0. The van der Waals surface area contributed by atoms with E-state index >= 15 is 0 Å². The molecule has 1 heterocycles. The molecule has 2 atom stereocenters. The van der Waals surface area contributed by atoms with Crippen molar-refractivity contribution in [2.24, 2.45) is 0 Å². The van der Waals surface area contributed by atoms with Gasteiger partial charge in [-0.2, -0.15) is 0 Å². The van der Waals surface area contributed by atoms with Gasteiger partial charge in [0.1, 0.15) is 0 Å². The maximum Gasteiger partial charge on any atom is 0.244 e. The highest BCUT2D eigenvalue weighted by molar-refractivity contribution is 5.91. The molecule has 2 N–H and O–H groups in total. The van der Waals surface area contributed by atoms with Gasteiger partial charge in [-0.25, -0.2) is 0 Å². The van der Waals surface area contributed by atoms with Crippen molar-refractivity contribution in [2.45, 2.75) is 45.3 Å². The van der Waals surface area contributed by atoms with Gasteiger partial charge < -0.3 is 14.8 Å². The Kier molecular flexibility index (Phi) is 6.26. The Bertz CT molecular complexity index is 680. The molecule has 2 unspecified atom stereocenters. The van der Waals surface area contributed by atoms with E-state index < -0.39 is 6.10 Å². The number of carbonyl (C=O) groups is 1. The first-order valence-corrected chi connectivity index (χ1v) is 7.99. The van der Waals surface area contributed by atoms with Crippen LogP contribution >= 0.6 is 0 Å². The summed E-state index contributed by atoms with van der Waals surface area (Å²) in [5.74, 6) is 0.633. The lowest BCUT2D eigenvalue weighted by atomic mass is 10.0. The Balaban J connectivity index is 1.85. The van der Waals surface area contributed by atoms with Gasteiger partial charge in [0.05, 0.1) is 12.1 Å². The number of aliphatic hydroxyl groups excluding tert-OH is 1. The van der Waals surface area contributed by atoms with Crippen LogP contribution in [0.1, 0.15) is 44.0 Å². The third-order valence-corrected chi connectivity index (χ3v) is 3.56. The number of nitrogens with zero attached hydrogens (tertiary/aromatic N) is 2. The standard InChI is InChI=1S/C18H23N3O3/c1-12(2)18-21-20-17(24-18)10-9-16(23)19-13(3)15(22)11-14-7-5-4-6-8-14/h4-10,12-13,15,22H,11H2,1-3H3,(H,19,23)/b10-9+. The summed E-state index contributed by atoms with van der Waals surface area (Å²) in [5, 5.41) is 20.7. The highest BCUT2D eigenvalue weighted by atomic mass is 16.4. The van der Waals surface area contributed by atoms with Gasteiger partial charge in [-0.05, 0) is 12.5 Å². The Morgan fingerprint density at radius 3 is 2.58 bits per heavy atom. The van der Waals surface area contributed by atoms with E-state index in [4.69, 9.17) is 4.42 Å². The molecule has 2 rings (SSSR count). The van der Waals surface area contributed by atoms with E-state index in [1.54, 1.807) is 6.92 Å². The number of hydrogen-bond donors (Lipinski definition) is 2. The van der Waals surface area contributed by atoms with Gasteiger partial charge >= 0.3 is 0 Å². The Labute approximate surface area is 141 Å². The molecule has 1 aromatic carbocycles. The molecule has 0 aliphatic carbocycles. The van der Waals surface area contributed by atoms with Crippen LogP contribution in [0.15, 0.2) is 40.8 Å². The third kappa shape index (κ3) is 5.31. The molecular formula is C18H23N3O3. The number of aromatic nitrogens is 2. The lowest BCUT2D eigenvalue weighted by Crippen LogP contribution is -2.41. The Morgan fingerprint density at radius 2 is 1.96 bits per heavy atom. The molecule has 24 heavy (non-hydrogen) atoms. The highest BCUT2D eigenvalue weighted by Crippen LogP contribution is 2.12. The maximum absolute atomic E-state index is 11.9. The number of rotatable bonds is 7. The highest BCUT2D eigenvalue weighted by Gasteiger charge is 2.16. The van der Waals surface area contributed by atoms with Crippen molar-refractivity contribution in [3.05, 3.63) is 53.8 Å². The van der Waals surface area contributed by atoms with Gasteiger partial charge in [-0.1, -0.05) is 44.2 Å². The zero-order chi connectivity index (χ0) is 17.5. The van der Waals surface area contributed by atoms with E-state index in [1.807, 2.05) is 44.2 Å².